The number of carbonyl (C=O) groups is 2. The van der Waals surface area contributed by atoms with Gasteiger partial charge in [0.25, 0.3) is 0 Å². The van der Waals surface area contributed by atoms with Crippen molar-refractivity contribution in [1.29, 1.82) is 0 Å². The fraction of sp³-hybridized carbons (Fsp3) is 0.391. The molecular formula is C23H26ClNO3S. The van der Waals surface area contributed by atoms with Crippen LogP contribution in [-0.4, -0.2) is 19.0 Å². The van der Waals surface area contributed by atoms with E-state index in [1.165, 1.54) is 29.4 Å². The highest BCUT2D eigenvalue weighted by Gasteiger charge is 2.34. The van der Waals surface area contributed by atoms with Crippen LogP contribution < -0.4 is 5.32 Å². The molecule has 154 valence electrons. The van der Waals surface area contributed by atoms with Crippen molar-refractivity contribution in [2.45, 2.75) is 40.0 Å². The summed E-state index contributed by atoms with van der Waals surface area (Å²) in [4.78, 5) is 26.1. The number of hydrogen-bond acceptors (Lipinski definition) is 4. The lowest BCUT2D eigenvalue weighted by atomic mass is 9.72. The van der Waals surface area contributed by atoms with Gasteiger partial charge < -0.3 is 10.1 Å². The lowest BCUT2D eigenvalue weighted by molar-refractivity contribution is -0.111. The van der Waals surface area contributed by atoms with Gasteiger partial charge in [-0.1, -0.05) is 44.5 Å². The molecule has 1 N–H and O–H groups in total. The number of fused-ring (bicyclic) bond motifs is 1. The first-order chi connectivity index (χ1) is 13.7. The molecule has 29 heavy (non-hydrogen) atoms. The molecule has 1 amide bonds. The summed E-state index contributed by atoms with van der Waals surface area (Å²) >= 11 is 7.38. The van der Waals surface area contributed by atoms with Crippen molar-refractivity contribution in [1.82, 2.24) is 0 Å². The Morgan fingerprint density at radius 2 is 1.93 bits per heavy atom. The monoisotopic (exact) mass is 431 g/mol. The van der Waals surface area contributed by atoms with Crippen molar-refractivity contribution in [3.8, 4) is 0 Å². The lowest BCUT2D eigenvalue weighted by Gasteiger charge is -2.33. The molecule has 0 bridgehead atoms. The van der Waals surface area contributed by atoms with Gasteiger partial charge in [-0.05, 0) is 59.9 Å². The number of amides is 1. The molecule has 1 aromatic carbocycles. The van der Waals surface area contributed by atoms with Gasteiger partial charge in [-0.3, -0.25) is 4.79 Å². The Balaban J connectivity index is 1.83. The molecule has 1 aliphatic rings. The summed E-state index contributed by atoms with van der Waals surface area (Å²) in [5.74, 6) is -0.128. The predicted molar refractivity (Wildman–Crippen MR) is 120 cm³/mol. The highest BCUT2D eigenvalue weighted by Crippen LogP contribution is 2.44. The van der Waals surface area contributed by atoms with Crippen molar-refractivity contribution in [2.24, 2.45) is 11.3 Å². The molecule has 1 aromatic heterocycles. The van der Waals surface area contributed by atoms with E-state index in [4.69, 9.17) is 16.3 Å². The third kappa shape index (κ3) is 5.09. The molecule has 0 fully saturated rings. The van der Waals surface area contributed by atoms with E-state index >= 15 is 0 Å². The number of rotatable bonds is 4. The number of nitrogens with one attached hydrogen (secondary N) is 1. The number of anilines is 1. The number of halogens is 1. The van der Waals surface area contributed by atoms with Gasteiger partial charge in [0.1, 0.15) is 5.00 Å². The highest BCUT2D eigenvalue weighted by molar-refractivity contribution is 7.17. The molecule has 0 saturated heterocycles. The van der Waals surface area contributed by atoms with E-state index in [0.29, 0.717) is 21.5 Å². The minimum Gasteiger partial charge on any atom is -0.465 e. The Kier molecular flexibility index (Phi) is 6.49. The Hall–Kier alpha value is -2.11. The Morgan fingerprint density at radius 3 is 2.55 bits per heavy atom. The van der Waals surface area contributed by atoms with E-state index in [1.807, 2.05) is 12.1 Å². The zero-order valence-electron chi connectivity index (χ0n) is 17.2. The zero-order chi connectivity index (χ0) is 21.2. The summed E-state index contributed by atoms with van der Waals surface area (Å²) in [5, 5.41) is 4.10. The fourth-order valence-corrected chi connectivity index (χ4v) is 5.07. The number of methoxy groups -OCH3 is 1. The standard InChI is InChI=1S/C23H26ClNO3S/c1-23(2,3)15-8-11-17-18(13-15)29-21(20(17)22(27)28-4)25-19(26)12-7-14-5-9-16(24)10-6-14/h5-7,9-10,12,15H,8,11,13H2,1-4H3,(H,25,26)/b12-7+. The van der Waals surface area contributed by atoms with Crippen LogP contribution in [0.4, 0.5) is 5.00 Å². The van der Waals surface area contributed by atoms with E-state index < -0.39 is 5.97 Å². The van der Waals surface area contributed by atoms with Crippen molar-refractivity contribution in [3.05, 3.63) is 56.9 Å². The number of benzene rings is 1. The minimum atomic E-state index is -0.395. The lowest BCUT2D eigenvalue weighted by Crippen LogP contribution is -2.26. The van der Waals surface area contributed by atoms with Crippen molar-refractivity contribution in [2.75, 3.05) is 12.4 Å². The summed E-state index contributed by atoms with van der Waals surface area (Å²) in [6.45, 7) is 6.76. The maximum Gasteiger partial charge on any atom is 0.341 e. The normalized spacial score (nSPS) is 16.5. The van der Waals surface area contributed by atoms with Gasteiger partial charge in [0.15, 0.2) is 0 Å². The second kappa shape index (κ2) is 8.72. The van der Waals surface area contributed by atoms with Gasteiger partial charge in [0.05, 0.1) is 12.7 Å². The molecule has 2 aromatic rings. The molecule has 0 aliphatic heterocycles. The SMILES string of the molecule is COC(=O)c1c(NC(=O)/C=C/c2ccc(Cl)cc2)sc2c1CCC(C(C)(C)C)C2. The van der Waals surface area contributed by atoms with E-state index in [9.17, 15) is 9.59 Å². The van der Waals surface area contributed by atoms with Gasteiger partial charge in [-0.15, -0.1) is 11.3 Å². The molecular weight excluding hydrogens is 406 g/mol. The first kappa shape index (κ1) is 21.6. The van der Waals surface area contributed by atoms with Crippen molar-refractivity contribution < 1.29 is 14.3 Å². The van der Waals surface area contributed by atoms with Crippen molar-refractivity contribution >= 4 is 45.9 Å². The number of thiophene rings is 1. The van der Waals surface area contributed by atoms with Crippen LogP contribution in [-0.2, 0) is 22.4 Å². The highest BCUT2D eigenvalue weighted by atomic mass is 35.5. The molecule has 1 heterocycles. The molecule has 0 radical (unpaired) electrons. The average molecular weight is 432 g/mol. The fourth-order valence-electron chi connectivity index (χ4n) is 3.63. The van der Waals surface area contributed by atoms with Gasteiger partial charge in [0, 0.05) is 16.0 Å². The first-order valence-corrected chi connectivity index (χ1v) is 10.9. The summed E-state index contributed by atoms with van der Waals surface area (Å²) in [6, 6.07) is 7.21. The van der Waals surface area contributed by atoms with Crippen LogP contribution in [0.1, 0.15) is 53.6 Å². The van der Waals surface area contributed by atoms with E-state index in [0.717, 1.165) is 30.4 Å². The molecule has 0 spiro atoms. The van der Waals surface area contributed by atoms with E-state index in [1.54, 1.807) is 18.2 Å². The van der Waals surface area contributed by atoms with Crippen LogP contribution in [0.5, 0.6) is 0 Å². The van der Waals surface area contributed by atoms with Crippen LogP contribution >= 0.6 is 22.9 Å². The molecule has 0 saturated carbocycles. The quantitative estimate of drug-likeness (QED) is 0.477. The molecule has 1 aliphatic carbocycles. The van der Waals surface area contributed by atoms with Crippen molar-refractivity contribution in [3.63, 3.8) is 0 Å². The van der Waals surface area contributed by atoms with E-state index in [2.05, 4.69) is 26.1 Å². The Labute approximate surface area is 180 Å². The zero-order valence-corrected chi connectivity index (χ0v) is 18.7. The number of ether oxygens (including phenoxy) is 1. The Morgan fingerprint density at radius 1 is 1.24 bits per heavy atom. The smallest absolute Gasteiger partial charge is 0.341 e. The third-order valence-corrected chi connectivity index (χ3v) is 6.84. The van der Waals surface area contributed by atoms with E-state index in [-0.39, 0.29) is 11.3 Å². The topological polar surface area (TPSA) is 55.4 Å². The van der Waals surface area contributed by atoms with Gasteiger partial charge >= 0.3 is 5.97 Å². The maximum absolute atomic E-state index is 12.5. The van der Waals surface area contributed by atoms with Crippen LogP contribution in [0.25, 0.3) is 6.08 Å². The maximum atomic E-state index is 12.5. The number of hydrogen-bond donors (Lipinski definition) is 1. The summed E-state index contributed by atoms with van der Waals surface area (Å²) in [7, 11) is 1.37. The summed E-state index contributed by atoms with van der Waals surface area (Å²) in [6.07, 6.45) is 5.95. The predicted octanol–water partition coefficient (Wildman–Crippen LogP) is 5.99. The summed E-state index contributed by atoms with van der Waals surface area (Å²) < 4.78 is 5.00. The molecule has 1 atom stereocenters. The van der Waals surface area contributed by atoms with Crippen LogP contribution in [0, 0.1) is 11.3 Å². The van der Waals surface area contributed by atoms with Gasteiger partial charge in [-0.2, -0.15) is 0 Å². The molecule has 1 unspecified atom stereocenters. The largest absolute Gasteiger partial charge is 0.465 e. The number of carbonyl (C=O) groups excluding carboxylic acids is 2. The second-order valence-corrected chi connectivity index (χ2v) is 9.92. The first-order valence-electron chi connectivity index (χ1n) is 9.66. The summed E-state index contributed by atoms with van der Waals surface area (Å²) in [5.41, 5.74) is 2.61. The molecule has 3 rings (SSSR count). The van der Waals surface area contributed by atoms with Crippen LogP contribution in [0.2, 0.25) is 5.02 Å². The minimum absolute atomic E-state index is 0.206. The average Bonchev–Trinajstić information content (AvgIpc) is 3.03. The molecule has 4 nitrogen and oxygen atoms in total. The van der Waals surface area contributed by atoms with Crippen LogP contribution in [0.15, 0.2) is 30.3 Å². The molecule has 6 heteroatoms. The third-order valence-electron chi connectivity index (χ3n) is 5.41. The second-order valence-electron chi connectivity index (χ2n) is 8.38. The van der Waals surface area contributed by atoms with Gasteiger partial charge in [0.2, 0.25) is 5.91 Å². The van der Waals surface area contributed by atoms with Gasteiger partial charge in [-0.25, -0.2) is 4.79 Å². The van der Waals surface area contributed by atoms with Crippen LogP contribution in [0.3, 0.4) is 0 Å². The number of esters is 1. The Bertz CT molecular complexity index is 938.